The number of hydrogen-bond donors (Lipinski definition) is 2. The number of fused-ring (bicyclic) bond motifs is 1. The summed E-state index contributed by atoms with van der Waals surface area (Å²) in [5, 5.41) is 11.4. The van der Waals surface area contributed by atoms with E-state index in [1.54, 1.807) is 25.1 Å². The van der Waals surface area contributed by atoms with Gasteiger partial charge in [0, 0.05) is 33.6 Å². The normalized spacial score (nSPS) is 17.6. The molecule has 3 N–H and O–H groups in total. The Bertz CT molecular complexity index is 1270. The Hall–Kier alpha value is -2.56. The molecular formula is C19H16ClF3N4O2S. The van der Waals surface area contributed by atoms with E-state index in [-0.39, 0.29) is 11.3 Å². The van der Waals surface area contributed by atoms with Crippen molar-refractivity contribution in [3.63, 3.8) is 0 Å². The average molecular weight is 457 g/mol. The predicted molar refractivity (Wildman–Crippen MR) is 109 cm³/mol. The summed E-state index contributed by atoms with van der Waals surface area (Å²) in [6, 6.07) is 9.64. The van der Waals surface area contributed by atoms with Gasteiger partial charge in [0.2, 0.25) is 10.0 Å². The summed E-state index contributed by atoms with van der Waals surface area (Å²) >= 11 is 6.12. The number of nitrogens with zero attached hydrogens (tertiary/aromatic N) is 2. The van der Waals surface area contributed by atoms with Crippen molar-refractivity contribution < 1.29 is 21.6 Å². The average Bonchev–Trinajstić information content (AvgIpc) is 3.21. The second kappa shape index (κ2) is 7.00. The van der Waals surface area contributed by atoms with Crippen LogP contribution in [0.2, 0.25) is 5.02 Å². The van der Waals surface area contributed by atoms with Crippen molar-refractivity contribution in [3.05, 3.63) is 58.7 Å². The lowest BCUT2D eigenvalue weighted by atomic mass is 9.98. The van der Waals surface area contributed by atoms with Crippen molar-refractivity contribution >= 4 is 43.9 Å². The van der Waals surface area contributed by atoms with Crippen LogP contribution in [0.15, 0.2) is 52.5 Å². The fraction of sp³-hybridized carbons (Fsp3) is 0.211. The van der Waals surface area contributed by atoms with Crippen LogP contribution in [0.5, 0.6) is 0 Å². The first kappa shape index (κ1) is 20.7. The molecule has 0 fully saturated rings. The number of aromatic amines is 1. The number of nitrogens with one attached hydrogen (secondary N) is 1. The molecule has 1 aliphatic heterocycles. The molecule has 6 nitrogen and oxygen atoms in total. The van der Waals surface area contributed by atoms with E-state index in [1.807, 2.05) is 0 Å². The molecule has 2 aromatic carbocycles. The van der Waals surface area contributed by atoms with Crippen LogP contribution < -0.4 is 10.1 Å². The molecule has 0 saturated heterocycles. The molecule has 1 aromatic heterocycles. The van der Waals surface area contributed by atoms with Gasteiger partial charge >= 0.3 is 6.18 Å². The summed E-state index contributed by atoms with van der Waals surface area (Å²) in [6.07, 6.45) is -4.95. The van der Waals surface area contributed by atoms with E-state index in [9.17, 15) is 21.6 Å². The Labute approximate surface area is 175 Å². The molecule has 30 heavy (non-hydrogen) atoms. The summed E-state index contributed by atoms with van der Waals surface area (Å²) < 4.78 is 63.4. The largest absolute Gasteiger partial charge is 0.431 e. The van der Waals surface area contributed by atoms with Gasteiger partial charge in [-0.05, 0) is 49.4 Å². The Morgan fingerprint density at radius 2 is 1.87 bits per heavy atom. The Morgan fingerprint density at radius 3 is 2.47 bits per heavy atom. The molecule has 0 bridgehead atoms. The van der Waals surface area contributed by atoms with Crippen LogP contribution >= 0.6 is 11.6 Å². The quantitative estimate of drug-likeness (QED) is 0.601. The number of halogens is 4. The highest BCUT2D eigenvalue weighted by Gasteiger charge is 2.44. The topological polar surface area (TPSA) is 91.5 Å². The third kappa shape index (κ3) is 3.66. The zero-order chi connectivity index (χ0) is 21.8. The predicted octanol–water partition coefficient (Wildman–Crippen LogP) is 4.65. The molecule has 0 radical (unpaired) electrons. The second-order valence-electron chi connectivity index (χ2n) is 7.00. The van der Waals surface area contributed by atoms with E-state index < -0.39 is 28.0 Å². The van der Waals surface area contributed by atoms with Crippen molar-refractivity contribution in [1.82, 2.24) is 4.98 Å². The molecule has 2 heterocycles. The summed E-state index contributed by atoms with van der Waals surface area (Å²) in [5.41, 5.74) is 1.48. The Balaban J connectivity index is 1.85. The van der Waals surface area contributed by atoms with Crippen LogP contribution in [0.1, 0.15) is 23.7 Å². The van der Waals surface area contributed by atoms with Gasteiger partial charge < -0.3 is 4.98 Å². The molecule has 1 unspecified atom stereocenters. The molecule has 11 heteroatoms. The van der Waals surface area contributed by atoms with E-state index in [2.05, 4.69) is 10.1 Å². The minimum absolute atomic E-state index is 0.142. The van der Waals surface area contributed by atoms with Crippen molar-refractivity contribution in [2.45, 2.75) is 30.5 Å². The number of benzene rings is 2. The molecule has 0 amide bonds. The monoisotopic (exact) mass is 456 g/mol. The highest BCUT2D eigenvalue weighted by Crippen LogP contribution is 2.43. The Kier molecular flexibility index (Phi) is 4.83. The number of aryl methyl sites for hydroxylation is 1. The van der Waals surface area contributed by atoms with Gasteiger partial charge in [-0.3, -0.25) is 5.01 Å². The molecule has 4 rings (SSSR count). The number of primary sulfonamides is 1. The van der Waals surface area contributed by atoms with Crippen LogP contribution in [0.4, 0.5) is 18.9 Å². The SMILES string of the molecule is Cc1[nH]c2ccc(Cl)cc2c1C1CC(C(F)(F)F)=NN1c1ccc(S(N)(=O)=O)cc1. The summed E-state index contributed by atoms with van der Waals surface area (Å²) in [4.78, 5) is 3.03. The minimum atomic E-state index is -4.59. The third-order valence-corrected chi connectivity index (χ3v) is 6.16. The van der Waals surface area contributed by atoms with Crippen molar-refractivity contribution in [2.75, 3.05) is 5.01 Å². The number of nitrogens with two attached hydrogens (primary N) is 1. The van der Waals surface area contributed by atoms with Gasteiger partial charge in [-0.2, -0.15) is 18.3 Å². The first-order valence-electron chi connectivity index (χ1n) is 8.79. The van der Waals surface area contributed by atoms with E-state index in [0.29, 0.717) is 27.4 Å². The first-order chi connectivity index (χ1) is 13.9. The third-order valence-electron chi connectivity index (χ3n) is 5.00. The second-order valence-corrected chi connectivity index (χ2v) is 9.00. The van der Waals surface area contributed by atoms with E-state index in [1.165, 1.54) is 29.3 Å². The Morgan fingerprint density at radius 1 is 1.20 bits per heavy atom. The molecule has 0 saturated carbocycles. The van der Waals surface area contributed by atoms with Crippen LogP contribution in [-0.4, -0.2) is 25.3 Å². The van der Waals surface area contributed by atoms with Crippen LogP contribution in [0, 0.1) is 6.92 Å². The van der Waals surface area contributed by atoms with Crippen LogP contribution in [0.3, 0.4) is 0 Å². The maximum absolute atomic E-state index is 13.5. The molecule has 0 spiro atoms. The number of hydrogen-bond acceptors (Lipinski definition) is 4. The lowest BCUT2D eigenvalue weighted by Gasteiger charge is -2.24. The van der Waals surface area contributed by atoms with Gasteiger partial charge in [-0.1, -0.05) is 11.6 Å². The molecule has 158 valence electrons. The number of sulfonamides is 1. The summed E-state index contributed by atoms with van der Waals surface area (Å²) in [5.74, 6) is 0. The summed E-state index contributed by atoms with van der Waals surface area (Å²) in [6.45, 7) is 1.77. The van der Waals surface area contributed by atoms with Gasteiger partial charge in [-0.25, -0.2) is 13.6 Å². The van der Waals surface area contributed by atoms with Crippen LogP contribution in [-0.2, 0) is 10.0 Å². The van der Waals surface area contributed by atoms with Crippen molar-refractivity contribution in [3.8, 4) is 0 Å². The number of anilines is 1. The van der Waals surface area contributed by atoms with Gasteiger partial charge in [0.05, 0.1) is 16.6 Å². The first-order valence-corrected chi connectivity index (χ1v) is 10.7. The van der Waals surface area contributed by atoms with E-state index in [4.69, 9.17) is 16.7 Å². The maximum Gasteiger partial charge on any atom is 0.431 e. The number of aromatic nitrogens is 1. The highest BCUT2D eigenvalue weighted by molar-refractivity contribution is 7.89. The molecule has 1 aliphatic rings. The van der Waals surface area contributed by atoms with Gasteiger partial charge in [0.1, 0.15) is 5.71 Å². The van der Waals surface area contributed by atoms with Gasteiger partial charge in [0.25, 0.3) is 0 Å². The zero-order valence-corrected chi connectivity index (χ0v) is 17.1. The number of alkyl halides is 3. The van der Waals surface area contributed by atoms with Gasteiger partial charge in [-0.15, -0.1) is 0 Å². The van der Waals surface area contributed by atoms with E-state index in [0.717, 1.165) is 5.52 Å². The van der Waals surface area contributed by atoms with Crippen LogP contribution in [0.25, 0.3) is 10.9 Å². The number of H-pyrrole nitrogens is 1. The lowest BCUT2D eigenvalue weighted by Crippen LogP contribution is -2.21. The van der Waals surface area contributed by atoms with Gasteiger partial charge in [0.15, 0.2) is 0 Å². The fourth-order valence-electron chi connectivity index (χ4n) is 3.68. The highest BCUT2D eigenvalue weighted by atomic mass is 35.5. The molecule has 1 atom stereocenters. The zero-order valence-electron chi connectivity index (χ0n) is 15.5. The minimum Gasteiger partial charge on any atom is -0.358 e. The maximum atomic E-state index is 13.5. The molecular weight excluding hydrogens is 441 g/mol. The fourth-order valence-corrected chi connectivity index (χ4v) is 4.37. The standard InChI is InChI=1S/C19H16ClF3N4O2S/c1-10-18(14-8-11(20)2-7-15(14)25-10)16-9-17(19(21,22)23)26-27(16)12-3-5-13(6-4-12)30(24,28)29/h2-8,16,25H,9H2,1H3,(H2,24,28,29). The number of hydrazone groups is 1. The van der Waals surface area contributed by atoms with Crippen molar-refractivity contribution in [1.29, 1.82) is 0 Å². The smallest absolute Gasteiger partial charge is 0.358 e. The number of rotatable bonds is 3. The summed E-state index contributed by atoms with van der Waals surface area (Å²) in [7, 11) is -3.93. The van der Waals surface area contributed by atoms with Crippen molar-refractivity contribution in [2.24, 2.45) is 10.2 Å². The molecule has 3 aromatic rings. The lowest BCUT2D eigenvalue weighted by molar-refractivity contribution is -0.0600. The van der Waals surface area contributed by atoms with E-state index >= 15 is 0 Å². The molecule has 0 aliphatic carbocycles.